The van der Waals surface area contributed by atoms with Crippen molar-refractivity contribution in [2.75, 3.05) is 0 Å². The molecule has 3 heterocycles. The molecule has 0 saturated heterocycles. The molecule has 0 unspecified atom stereocenters. The Morgan fingerprint density at radius 1 is 0.735 bits per heavy atom. The second kappa shape index (κ2) is 10.3. The van der Waals surface area contributed by atoms with Crippen molar-refractivity contribution >= 4 is 23.9 Å². The summed E-state index contributed by atoms with van der Waals surface area (Å²) in [6.45, 7) is 1.98. The fourth-order valence-electron chi connectivity index (χ4n) is 2.99. The summed E-state index contributed by atoms with van der Waals surface area (Å²) in [6, 6.07) is 10.2. The van der Waals surface area contributed by atoms with Gasteiger partial charge in [-0.2, -0.15) is 0 Å². The maximum Gasteiger partial charge on any atom is 0.354 e. The molecule has 0 amide bonds. The molecule has 11 nitrogen and oxygen atoms in total. The highest BCUT2D eigenvalue weighted by Gasteiger charge is 2.20. The van der Waals surface area contributed by atoms with E-state index in [1.807, 2.05) is 0 Å². The maximum absolute atomic E-state index is 11.5. The molecule has 0 atom stereocenters. The van der Waals surface area contributed by atoms with Crippen LogP contribution in [-0.4, -0.2) is 49.0 Å². The predicted octanol–water partition coefficient (Wildman–Crippen LogP) is 2.73. The molecule has 0 aliphatic rings. The molecule has 0 aliphatic heterocycles. The minimum Gasteiger partial charge on any atom is -0.477 e. The number of nitrogens with zero attached hydrogens (tertiary/aromatic N) is 3. The Bertz CT molecular complexity index is 1290. The lowest BCUT2D eigenvalue weighted by Gasteiger charge is -2.16. The monoisotopic (exact) mass is 465 g/mol. The Labute approximate surface area is 193 Å². The minimum atomic E-state index is -1.25. The molecule has 0 bridgehead atoms. The zero-order valence-electron chi connectivity index (χ0n) is 18.1. The van der Waals surface area contributed by atoms with Crippen LogP contribution in [0.25, 0.3) is 22.8 Å². The summed E-state index contributed by atoms with van der Waals surface area (Å²) in [5.41, 5.74) is 1.01. The first kappa shape index (κ1) is 24.0. The highest BCUT2D eigenvalue weighted by atomic mass is 16.5. The number of esters is 2. The molecule has 0 radical (unpaired) electrons. The van der Waals surface area contributed by atoms with Crippen LogP contribution in [-0.2, 0) is 32.3 Å². The first-order valence-corrected chi connectivity index (χ1v) is 9.86. The highest BCUT2D eigenvalue weighted by molar-refractivity contribution is 5.87. The van der Waals surface area contributed by atoms with Crippen LogP contribution in [0.5, 0.6) is 0 Å². The van der Waals surface area contributed by atoms with E-state index >= 15 is 0 Å². The molecule has 174 valence electrons. The molecule has 11 heteroatoms. The van der Waals surface area contributed by atoms with Gasteiger partial charge in [0.25, 0.3) is 0 Å². The predicted molar refractivity (Wildman–Crippen MR) is 116 cm³/mol. The molecule has 3 aromatic rings. The fourth-order valence-corrected chi connectivity index (χ4v) is 2.99. The summed E-state index contributed by atoms with van der Waals surface area (Å²) < 4.78 is 10.3. The van der Waals surface area contributed by atoms with Crippen molar-refractivity contribution in [2.24, 2.45) is 0 Å². The van der Waals surface area contributed by atoms with Crippen LogP contribution in [0.1, 0.15) is 46.0 Å². The number of aromatic nitrogens is 3. The zero-order chi connectivity index (χ0) is 24.8. The number of rotatable bonds is 8. The van der Waals surface area contributed by atoms with Crippen molar-refractivity contribution in [1.29, 1.82) is 0 Å². The summed E-state index contributed by atoms with van der Waals surface area (Å²) in [5, 5.41) is 18.6. The smallest absolute Gasteiger partial charge is 0.354 e. The first-order valence-electron chi connectivity index (χ1n) is 9.86. The first-order chi connectivity index (χ1) is 16.2. The SMILES string of the molecule is CC(=O)OCc1cc(-c2cccc(C(=O)O)n2)nc(-c2cccc(C(=O)O)n2)c1COC(C)=O. The van der Waals surface area contributed by atoms with Gasteiger partial charge in [0, 0.05) is 25.0 Å². The van der Waals surface area contributed by atoms with Crippen molar-refractivity contribution in [2.45, 2.75) is 27.1 Å². The van der Waals surface area contributed by atoms with Crippen LogP contribution in [0.15, 0.2) is 42.5 Å². The number of carboxylic acids is 2. The molecule has 0 aromatic carbocycles. The van der Waals surface area contributed by atoms with Gasteiger partial charge < -0.3 is 19.7 Å². The van der Waals surface area contributed by atoms with Crippen LogP contribution in [0.3, 0.4) is 0 Å². The number of ether oxygens (including phenoxy) is 2. The third-order valence-electron chi connectivity index (χ3n) is 4.51. The topological polar surface area (TPSA) is 166 Å². The van der Waals surface area contributed by atoms with Gasteiger partial charge in [-0.25, -0.2) is 24.5 Å². The lowest BCUT2D eigenvalue weighted by Crippen LogP contribution is -2.11. The summed E-state index contributed by atoms with van der Waals surface area (Å²) in [6.07, 6.45) is 0. The average molecular weight is 465 g/mol. The Balaban J connectivity index is 2.27. The van der Waals surface area contributed by atoms with E-state index in [1.54, 1.807) is 6.07 Å². The van der Waals surface area contributed by atoms with Crippen LogP contribution in [0.4, 0.5) is 0 Å². The van der Waals surface area contributed by atoms with E-state index in [1.165, 1.54) is 50.2 Å². The summed E-state index contributed by atoms with van der Waals surface area (Å²) >= 11 is 0. The Morgan fingerprint density at radius 2 is 1.26 bits per heavy atom. The van der Waals surface area contributed by atoms with Crippen LogP contribution < -0.4 is 0 Å². The van der Waals surface area contributed by atoms with E-state index in [-0.39, 0.29) is 47.4 Å². The standard InChI is InChI=1S/C23H19N3O8/c1-12(27)33-10-14-9-20(16-5-3-7-18(24-16)22(29)30)26-21(15(14)11-34-13(2)28)17-6-4-8-19(25-17)23(31)32/h3-9H,10-11H2,1-2H3,(H,29,30)(H,31,32). The lowest BCUT2D eigenvalue weighted by molar-refractivity contribution is -0.143. The fraction of sp³-hybridized carbons (Fsp3) is 0.174. The van der Waals surface area contributed by atoms with E-state index in [4.69, 9.17) is 9.47 Å². The van der Waals surface area contributed by atoms with Crippen molar-refractivity contribution in [1.82, 2.24) is 15.0 Å². The molecule has 34 heavy (non-hydrogen) atoms. The van der Waals surface area contributed by atoms with Gasteiger partial charge in [-0.3, -0.25) is 9.59 Å². The largest absolute Gasteiger partial charge is 0.477 e. The summed E-state index contributed by atoms with van der Waals surface area (Å²) in [4.78, 5) is 58.5. The summed E-state index contributed by atoms with van der Waals surface area (Å²) in [5.74, 6) is -3.62. The minimum absolute atomic E-state index is 0.155. The number of hydrogen-bond acceptors (Lipinski definition) is 9. The van der Waals surface area contributed by atoms with Crippen molar-refractivity contribution < 1.29 is 38.9 Å². The van der Waals surface area contributed by atoms with E-state index in [2.05, 4.69) is 15.0 Å². The van der Waals surface area contributed by atoms with E-state index in [0.29, 0.717) is 11.1 Å². The van der Waals surface area contributed by atoms with Crippen LogP contribution >= 0.6 is 0 Å². The summed E-state index contributed by atoms with van der Waals surface area (Å²) in [7, 11) is 0. The maximum atomic E-state index is 11.5. The van der Waals surface area contributed by atoms with Crippen LogP contribution in [0, 0.1) is 0 Å². The Kier molecular flexibility index (Phi) is 7.26. The van der Waals surface area contributed by atoms with Crippen molar-refractivity contribution in [3.63, 3.8) is 0 Å². The van der Waals surface area contributed by atoms with E-state index < -0.39 is 23.9 Å². The van der Waals surface area contributed by atoms with Gasteiger partial charge in [-0.1, -0.05) is 12.1 Å². The molecule has 2 N–H and O–H groups in total. The van der Waals surface area contributed by atoms with Gasteiger partial charge in [-0.05, 0) is 30.3 Å². The number of carboxylic acid groups (broad SMARTS) is 2. The van der Waals surface area contributed by atoms with Gasteiger partial charge in [0.1, 0.15) is 24.6 Å². The van der Waals surface area contributed by atoms with E-state index in [9.17, 15) is 29.4 Å². The van der Waals surface area contributed by atoms with Crippen LogP contribution in [0.2, 0.25) is 0 Å². The Morgan fingerprint density at radius 3 is 1.82 bits per heavy atom. The lowest BCUT2D eigenvalue weighted by atomic mass is 10.0. The quantitative estimate of drug-likeness (QED) is 0.470. The van der Waals surface area contributed by atoms with E-state index in [0.717, 1.165) is 0 Å². The van der Waals surface area contributed by atoms with Crippen molar-refractivity contribution in [3.8, 4) is 22.8 Å². The Hall–Kier alpha value is -4.67. The molecule has 0 aliphatic carbocycles. The van der Waals surface area contributed by atoms with Gasteiger partial charge >= 0.3 is 23.9 Å². The molecule has 0 fully saturated rings. The average Bonchev–Trinajstić information content (AvgIpc) is 2.81. The second-order valence-corrected chi connectivity index (χ2v) is 6.98. The van der Waals surface area contributed by atoms with Gasteiger partial charge in [0.15, 0.2) is 0 Å². The number of hydrogen-bond donors (Lipinski definition) is 2. The number of carbonyl (C=O) groups excluding carboxylic acids is 2. The zero-order valence-corrected chi connectivity index (χ0v) is 18.1. The third-order valence-corrected chi connectivity index (χ3v) is 4.51. The number of aromatic carboxylic acids is 2. The second-order valence-electron chi connectivity index (χ2n) is 6.98. The third kappa shape index (κ3) is 5.76. The molecular formula is C23H19N3O8. The van der Waals surface area contributed by atoms with Crippen molar-refractivity contribution in [3.05, 3.63) is 65.0 Å². The normalized spacial score (nSPS) is 10.4. The molecular weight excluding hydrogens is 446 g/mol. The molecule has 3 rings (SSSR count). The molecule has 0 spiro atoms. The van der Waals surface area contributed by atoms with Gasteiger partial charge in [0.2, 0.25) is 0 Å². The number of carbonyl (C=O) groups is 4. The number of pyridine rings is 3. The molecule has 3 aromatic heterocycles. The van der Waals surface area contributed by atoms with Gasteiger partial charge in [0.05, 0.1) is 22.8 Å². The highest BCUT2D eigenvalue weighted by Crippen LogP contribution is 2.29. The van der Waals surface area contributed by atoms with Gasteiger partial charge in [-0.15, -0.1) is 0 Å². The molecule has 0 saturated carbocycles.